The Balaban J connectivity index is 1.89. The van der Waals surface area contributed by atoms with Gasteiger partial charge in [-0.2, -0.15) is 0 Å². The SMILES string of the molecule is COc1cc(C(C)NCCc2ccc(F)cc2)ccc1O. The van der Waals surface area contributed by atoms with Crippen LogP contribution in [0.3, 0.4) is 0 Å². The van der Waals surface area contributed by atoms with Gasteiger partial charge in [0.25, 0.3) is 0 Å². The Kier molecular flexibility index (Phi) is 5.17. The van der Waals surface area contributed by atoms with E-state index in [2.05, 4.69) is 12.2 Å². The van der Waals surface area contributed by atoms with Crippen molar-refractivity contribution in [1.29, 1.82) is 0 Å². The van der Waals surface area contributed by atoms with E-state index in [4.69, 9.17) is 4.74 Å². The van der Waals surface area contributed by atoms with E-state index in [1.54, 1.807) is 18.2 Å². The van der Waals surface area contributed by atoms with Crippen LogP contribution >= 0.6 is 0 Å². The molecule has 0 fully saturated rings. The normalized spacial score (nSPS) is 12.1. The number of halogens is 1. The standard InChI is InChI=1S/C17H20FNO2/c1-12(14-5-8-16(20)17(11-14)21-2)19-10-9-13-3-6-15(18)7-4-13/h3-8,11-12,19-20H,9-10H2,1-2H3. The molecule has 0 radical (unpaired) electrons. The fourth-order valence-corrected chi connectivity index (χ4v) is 2.17. The van der Waals surface area contributed by atoms with Crippen molar-refractivity contribution in [3.8, 4) is 11.5 Å². The molecule has 3 nitrogen and oxygen atoms in total. The van der Waals surface area contributed by atoms with Crippen molar-refractivity contribution >= 4 is 0 Å². The number of hydrogen-bond donors (Lipinski definition) is 2. The minimum atomic E-state index is -0.212. The lowest BCUT2D eigenvalue weighted by Crippen LogP contribution is -2.21. The van der Waals surface area contributed by atoms with Gasteiger partial charge in [-0.3, -0.25) is 0 Å². The number of rotatable bonds is 6. The third-order valence-electron chi connectivity index (χ3n) is 3.48. The van der Waals surface area contributed by atoms with E-state index in [-0.39, 0.29) is 17.6 Å². The minimum absolute atomic E-state index is 0.139. The number of phenolic OH excluding ortho intramolecular Hbond substituents is 1. The first-order valence-corrected chi connectivity index (χ1v) is 6.95. The van der Waals surface area contributed by atoms with Crippen LogP contribution in [0.5, 0.6) is 11.5 Å². The summed E-state index contributed by atoms with van der Waals surface area (Å²) in [5, 5.41) is 13.0. The van der Waals surface area contributed by atoms with Crippen molar-refractivity contribution in [2.24, 2.45) is 0 Å². The minimum Gasteiger partial charge on any atom is -0.504 e. The van der Waals surface area contributed by atoms with Crippen LogP contribution in [-0.4, -0.2) is 18.8 Å². The quantitative estimate of drug-likeness (QED) is 0.856. The van der Waals surface area contributed by atoms with E-state index in [1.807, 2.05) is 12.1 Å². The molecule has 1 atom stereocenters. The second kappa shape index (κ2) is 7.09. The topological polar surface area (TPSA) is 41.5 Å². The molecule has 2 rings (SSSR count). The van der Waals surface area contributed by atoms with Crippen molar-refractivity contribution in [3.63, 3.8) is 0 Å². The summed E-state index contributed by atoms with van der Waals surface area (Å²) in [6.45, 7) is 2.84. The Labute approximate surface area is 124 Å². The van der Waals surface area contributed by atoms with Gasteiger partial charge in [0.2, 0.25) is 0 Å². The van der Waals surface area contributed by atoms with Crippen LogP contribution in [0.25, 0.3) is 0 Å². The molecule has 0 amide bonds. The average molecular weight is 289 g/mol. The van der Waals surface area contributed by atoms with Crippen LogP contribution in [0, 0.1) is 5.82 Å². The number of methoxy groups -OCH3 is 1. The van der Waals surface area contributed by atoms with Crippen LogP contribution in [0.2, 0.25) is 0 Å². The lowest BCUT2D eigenvalue weighted by Gasteiger charge is -2.15. The number of phenols is 1. The van der Waals surface area contributed by atoms with Gasteiger partial charge in [0.1, 0.15) is 5.82 Å². The van der Waals surface area contributed by atoms with Gasteiger partial charge in [0, 0.05) is 6.04 Å². The Morgan fingerprint density at radius 1 is 1.19 bits per heavy atom. The summed E-state index contributed by atoms with van der Waals surface area (Å²) < 4.78 is 17.9. The van der Waals surface area contributed by atoms with Crippen molar-refractivity contribution in [2.75, 3.05) is 13.7 Å². The fraction of sp³-hybridized carbons (Fsp3) is 0.294. The van der Waals surface area contributed by atoms with Crippen molar-refractivity contribution in [3.05, 3.63) is 59.4 Å². The van der Waals surface area contributed by atoms with Crippen LogP contribution in [0.1, 0.15) is 24.1 Å². The molecular formula is C17H20FNO2. The first-order chi connectivity index (χ1) is 10.1. The molecule has 0 spiro atoms. The Morgan fingerprint density at radius 3 is 2.57 bits per heavy atom. The maximum Gasteiger partial charge on any atom is 0.160 e. The molecule has 0 heterocycles. The third kappa shape index (κ3) is 4.20. The summed E-state index contributed by atoms with van der Waals surface area (Å²) in [5.74, 6) is 0.399. The molecule has 0 saturated carbocycles. The molecule has 21 heavy (non-hydrogen) atoms. The van der Waals surface area contributed by atoms with Crippen molar-refractivity contribution < 1.29 is 14.2 Å². The second-order valence-corrected chi connectivity index (χ2v) is 4.98. The Morgan fingerprint density at radius 2 is 1.90 bits per heavy atom. The molecule has 0 aliphatic rings. The molecule has 4 heteroatoms. The lowest BCUT2D eigenvalue weighted by molar-refractivity contribution is 0.372. The monoisotopic (exact) mass is 289 g/mol. The van der Waals surface area contributed by atoms with E-state index >= 15 is 0 Å². The highest BCUT2D eigenvalue weighted by atomic mass is 19.1. The molecule has 0 aliphatic carbocycles. The van der Waals surface area contributed by atoms with Crippen LogP contribution < -0.4 is 10.1 Å². The molecule has 0 aromatic heterocycles. The molecular weight excluding hydrogens is 269 g/mol. The van der Waals surface area contributed by atoms with Gasteiger partial charge in [0.05, 0.1) is 7.11 Å². The molecule has 2 aromatic carbocycles. The van der Waals surface area contributed by atoms with E-state index in [0.29, 0.717) is 5.75 Å². The smallest absolute Gasteiger partial charge is 0.160 e. The highest BCUT2D eigenvalue weighted by Crippen LogP contribution is 2.28. The van der Waals surface area contributed by atoms with E-state index in [9.17, 15) is 9.50 Å². The van der Waals surface area contributed by atoms with E-state index in [1.165, 1.54) is 19.2 Å². The Hall–Kier alpha value is -2.07. The zero-order valence-electron chi connectivity index (χ0n) is 12.3. The predicted molar refractivity (Wildman–Crippen MR) is 81.2 cm³/mol. The number of ether oxygens (including phenoxy) is 1. The van der Waals surface area contributed by atoms with E-state index < -0.39 is 0 Å². The molecule has 2 aromatic rings. The maximum atomic E-state index is 12.8. The van der Waals surface area contributed by atoms with Crippen molar-refractivity contribution in [2.45, 2.75) is 19.4 Å². The molecule has 0 aliphatic heterocycles. The maximum absolute atomic E-state index is 12.8. The molecule has 0 bridgehead atoms. The summed E-state index contributed by atoms with van der Waals surface area (Å²) >= 11 is 0. The van der Waals surface area contributed by atoms with Gasteiger partial charge in [-0.15, -0.1) is 0 Å². The second-order valence-electron chi connectivity index (χ2n) is 4.98. The summed E-state index contributed by atoms with van der Waals surface area (Å²) in [4.78, 5) is 0. The third-order valence-corrected chi connectivity index (χ3v) is 3.48. The summed E-state index contributed by atoms with van der Waals surface area (Å²) in [6, 6.07) is 12.0. The molecule has 2 N–H and O–H groups in total. The number of aromatic hydroxyl groups is 1. The first kappa shape index (κ1) is 15.3. The summed E-state index contributed by atoms with van der Waals surface area (Å²) in [7, 11) is 1.53. The summed E-state index contributed by atoms with van der Waals surface area (Å²) in [6.07, 6.45) is 0.833. The predicted octanol–water partition coefficient (Wildman–Crippen LogP) is 3.43. The van der Waals surface area contributed by atoms with Gasteiger partial charge in [-0.25, -0.2) is 4.39 Å². The Bertz CT molecular complexity index is 584. The van der Waals surface area contributed by atoms with Gasteiger partial charge in [-0.1, -0.05) is 18.2 Å². The van der Waals surface area contributed by atoms with Gasteiger partial charge in [-0.05, 0) is 55.3 Å². The number of hydrogen-bond acceptors (Lipinski definition) is 3. The molecule has 1 unspecified atom stereocenters. The zero-order valence-corrected chi connectivity index (χ0v) is 12.3. The number of nitrogens with one attached hydrogen (secondary N) is 1. The fourth-order valence-electron chi connectivity index (χ4n) is 2.17. The lowest BCUT2D eigenvalue weighted by atomic mass is 10.1. The average Bonchev–Trinajstić information content (AvgIpc) is 2.49. The molecule has 0 saturated heterocycles. The highest BCUT2D eigenvalue weighted by molar-refractivity contribution is 5.42. The highest BCUT2D eigenvalue weighted by Gasteiger charge is 2.08. The van der Waals surface area contributed by atoms with Crippen LogP contribution in [0.15, 0.2) is 42.5 Å². The van der Waals surface area contributed by atoms with Crippen LogP contribution in [0.4, 0.5) is 4.39 Å². The van der Waals surface area contributed by atoms with E-state index in [0.717, 1.165) is 24.1 Å². The van der Waals surface area contributed by atoms with Gasteiger partial charge >= 0.3 is 0 Å². The van der Waals surface area contributed by atoms with Crippen LogP contribution in [-0.2, 0) is 6.42 Å². The van der Waals surface area contributed by atoms with Gasteiger partial charge in [0.15, 0.2) is 11.5 Å². The first-order valence-electron chi connectivity index (χ1n) is 6.95. The largest absolute Gasteiger partial charge is 0.504 e. The number of benzene rings is 2. The van der Waals surface area contributed by atoms with Gasteiger partial charge < -0.3 is 15.2 Å². The summed E-state index contributed by atoms with van der Waals surface area (Å²) in [5.41, 5.74) is 2.14. The van der Waals surface area contributed by atoms with Crippen molar-refractivity contribution in [1.82, 2.24) is 5.32 Å². The molecule has 112 valence electrons. The zero-order chi connectivity index (χ0) is 15.2.